The lowest BCUT2D eigenvalue weighted by atomic mass is 9.93. The van der Waals surface area contributed by atoms with Crippen LogP contribution in [0.25, 0.3) is 6.08 Å². The van der Waals surface area contributed by atoms with Gasteiger partial charge in [0.2, 0.25) is 11.8 Å². The van der Waals surface area contributed by atoms with Crippen LogP contribution in [0.4, 0.5) is 0 Å². The number of allylic oxidation sites excluding steroid dienone is 4. The second kappa shape index (κ2) is 14.0. The second-order valence-electron chi connectivity index (χ2n) is 10.7. The normalized spacial score (nSPS) is 19.9. The summed E-state index contributed by atoms with van der Waals surface area (Å²) in [6, 6.07) is -0.394. The number of aromatic amines is 1. The minimum absolute atomic E-state index is 0. The van der Waals surface area contributed by atoms with Crippen LogP contribution in [0.15, 0.2) is 91.2 Å². The molecule has 11 heteroatoms. The first kappa shape index (κ1) is 34.3. The van der Waals surface area contributed by atoms with Crippen molar-refractivity contribution in [3.05, 3.63) is 98.7 Å². The Bertz CT molecular complexity index is 1690. The standard InChI is InChI=1S/C33H36N4O6.Mg.2H/c1-7-20-19(6)32(42)37-27(20)14-25-18(5)23(10-12-31(40)41)29(35-25)15-28-22(9-11-30(38)39)17(4)24(34-28)13-26-16(3)21(8-2)33(43)36-26;;;/h7-8,13-14,28,35H,1-2,9-12,15H2,3-6H3,(H,36,43)(H,37,42)(H,38,39)(H,40,41);;;. The third-order valence-corrected chi connectivity index (χ3v) is 8.12. The highest BCUT2D eigenvalue weighted by Crippen LogP contribution is 2.34. The van der Waals surface area contributed by atoms with Crippen molar-refractivity contribution in [2.24, 2.45) is 15.0 Å². The molecule has 0 amide bonds. The number of carboxylic acid groups (broad SMARTS) is 2. The van der Waals surface area contributed by atoms with E-state index in [4.69, 9.17) is 4.99 Å². The van der Waals surface area contributed by atoms with E-state index in [2.05, 4.69) is 28.1 Å². The lowest BCUT2D eigenvalue weighted by Gasteiger charge is -2.14. The first-order valence-corrected chi connectivity index (χ1v) is 13.9. The predicted octanol–water partition coefficient (Wildman–Crippen LogP) is 5.14. The highest BCUT2D eigenvalue weighted by molar-refractivity contribution is 6.12. The summed E-state index contributed by atoms with van der Waals surface area (Å²) in [6.45, 7) is 15.0. The Labute approximate surface area is 272 Å². The maximum Gasteiger partial charge on any atom is 0.316 e. The van der Waals surface area contributed by atoms with Crippen molar-refractivity contribution in [3.63, 3.8) is 0 Å². The molecule has 0 aromatic carbocycles. The van der Waals surface area contributed by atoms with Crippen LogP contribution >= 0.6 is 0 Å². The number of aliphatic hydroxyl groups excluding tert-OH is 2. The van der Waals surface area contributed by atoms with Gasteiger partial charge in [-0.2, -0.15) is 0 Å². The van der Waals surface area contributed by atoms with Gasteiger partial charge in [-0.25, -0.2) is 9.98 Å². The number of H-pyrrole nitrogens is 1. The fourth-order valence-corrected chi connectivity index (χ4v) is 5.62. The number of carboxylic acids is 2. The summed E-state index contributed by atoms with van der Waals surface area (Å²) < 4.78 is 0. The molecule has 0 fully saturated rings. The van der Waals surface area contributed by atoms with Crippen molar-refractivity contribution in [2.75, 3.05) is 0 Å². The Morgan fingerprint density at radius 3 is 2.05 bits per heavy atom. The molecule has 10 nitrogen and oxygen atoms in total. The third-order valence-electron chi connectivity index (χ3n) is 8.12. The molecule has 1 aromatic heterocycles. The van der Waals surface area contributed by atoms with Crippen molar-refractivity contribution in [1.29, 1.82) is 0 Å². The summed E-state index contributed by atoms with van der Waals surface area (Å²) in [5, 5.41) is 39.2. The van der Waals surface area contributed by atoms with E-state index in [0.717, 1.165) is 39.2 Å². The number of carbonyl (C=O) groups is 2. The van der Waals surface area contributed by atoms with E-state index in [0.29, 0.717) is 46.7 Å². The van der Waals surface area contributed by atoms with E-state index in [1.54, 1.807) is 25.2 Å². The zero-order valence-corrected chi connectivity index (χ0v) is 24.8. The molecule has 0 spiro atoms. The van der Waals surface area contributed by atoms with Gasteiger partial charge < -0.3 is 25.4 Å². The molecule has 0 bridgehead atoms. The quantitative estimate of drug-likeness (QED) is 0.205. The van der Waals surface area contributed by atoms with Crippen LogP contribution in [0.2, 0.25) is 0 Å². The summed E-state index contributed by atoms with van der Waals surface area (Å²) >= 11 is 0. The predicted molar refractivity (Wildman–Crippen MR) is 177 cm³/mol. The Morgan fingerprint density at radius 2 is 1.45 bits per heavy atom. The van der Waals surface area contributed by atoms with Crippen LogP contribution in [0, 0.1) is 6.92 Å². The zero-order valence-electron chi connectivity index (χ0n) is 24.8. The molecule has 1 atom stereocenters. The molecular weight excluding hydrogens is 573 g/mol. The molecule has 3 aliphatic rings. The third kappa shape index (κ3) is 6.94. The van der Waals surface area contributed by atoms with Crippen molar-refractivity contribution in [2.45, 2.75) is 65.8 Å². The van der Waals surface area contributed by atoms with E-state index >= 15 is 0 Å². The fraction of sp³-hybridized carbons (Fsp3) is 0.303. The van der Waals surface area contributed by atoms with Crippen molar-refractivity contribution in [1.82, 2.24) is 4.98 Å². The van der Waals surface area contributed by atoms with Gasteiger partial charge in [0.1, 0.15) is 0 Å². The van der Waals surface area contributed by atoms with Gasteiger partial charge in [-0.05, 0) is 80.5 Å². The smallest absolute Gasteiger partial charge is 0.316 e. The van der Waals surface area contributed by atoms with E-state index in [1.165, 1.54) is 0 Å². The number of hydrogen-bond acceptors (Lipinski definition) is 5. The van der Waals surface area contributed by atoms with Gasteiger partial charge in [-0.15, -0.1) is 0 Å². The van der Waals surface area contributed by atoms with E-state index in [1.807, 2.05) is 26.8 Å². The molecule has 0 radical (unpaired) electrons. The minimum atomic E-state index is -0.919. The fourth-order valence-electron chi connectivity index (χ4n) is 5.62. The average Bonchev–Trinajstić information content (AvgIpc) is 3.59. The summed E-state index contributed by atoms with van der Waals surface area (Å²) in [6.07, 6.45) is 7.61. The van der Waals surface area contributed by atoms with Crippen LogP contribution in [-0.2, 0) is 22.4 Å². The summed E-state index contributed by atoms with van der Waals surface area (Å²) in [5.74, 6) is -2.03. The maximum atomic E-state index is 11.5. The molecule has 1 aromatic rings. The zero-order chi connectivity index (χ0) is 31.6. The van der Waals surface area contributed by atoms with Crippen LogP contribution in [-0.4, -0.2) is 84.0 Å². The first-order chi connectivity index (χ1) is 20.4. The van der Waals surface area contributed by atoms with E-state index in [9.17, 15) is 30.0 Å². The van der Waals surface area contributed by atoms with Crippen LogP contribution in [0.3, 0.4) is 0 Å². The monoisotopic (exact) mass is 610 g/mol. The lowest BCUT2D eigenvalue weighted by Crippen LogP contribution is -2.13. The Kier molecular flexibility index (Phi) is 10.9. The molecule has 4 rings (SSSR count). The number of aliphatic imine (C=N–C) groups is 3. The second-order valence-corrected chi connectivity index (χ2v) is 10.7. The minimum Gasteiger partial charge on any atom is -0.493 e. The summed E-state index contributed by atoms with van der Waals surface area (Å²) in [5.41, 5.74) is 9.31. The number of aliphatic hydroxyl groups is 2. The van der Waals surface area contributed by atoms with Gasteiger partial charge in [0.25, 0.3) is 0 Å². The molecule has 1 unspecified atom stereocenters. The Balaban J connectivity index is 0.00000529. The SMILES string of the molecule is C=CC1=C(C)C(O)=NC1=Cc1[nH]c(CC2N=C(C=C3N=C(O)C(C=C)=C3C)C(C)=C2CCC(=O)O)c(CCC(=O)O)c1C.[MgH2]. The molecule has 5 N–H and O–H groups in total. The maximum absolute atomic E-state index is 11.5. The van der Waals surface area contributed by atoms with Gasteiger partial charge in [0.05, 0.1) is 23.1 Å². The number of nitrogens with one attached hydrogen (secondary N) is 1. The van der Waals surface area contributed by atoms with Gasteiger partial charge in [-0.1, -0.05) is 25.3 Å². The molecule has 0 saturated heterocycles. The molecule has 3 aliphatic heterocycles. The number of aromatic nitrogens is 1. The summed E-state index contributed by atoms with van der Waals surface area (Å²) in [7, 11) is 0. The van der Waals surface area contributed by atoms with Gasteiger partial charge in [0.15, 0.2) is 0 Å². The molecule has 44 heavy (non-hydrogen) atoms. The number of hydrogen-bond donors (Lipinski definition) is 5. The van der Waals surface area contributed by atoms with Crippen molar-refractivity contribution in [3.8, 4) is 0 Å². The highest BCUT2D eigenvalue weighted by Gasteiger charge is 2.29. The number of rotatable bonds is 12. The van der Waals surface area contributed by atoms with Gasteiger partial charge in [0, 0.05) is 47.4 Å². The first-order valence-electron chi connectivity index (χ1n) is 13.9. The number of aliphatic carboxylic acids is 2. The molecular formula is C33H38MgN4O6. The number of nitrogens with zero attached hydrogens (tertiary/aromatic N) is 3. The Hall–Kier alpha value is -4.22. The average molecular weight is 611 g/mol. The van der Waals surface area contributed by atoms with Gasteiger partial charge >= 0.3 is 35.0 Å². The topological polar surface area (TPSA) is 168 Å². The van der Waals surface area contributed by atoms with Crippen LogP contribution in [0.1, 0.15) is 62.5 Å². The van der Waals surface area contributed by atoms with Crippen molar-refractivity contribution < 1.29 is 30.0 Å². The van der Waals surface area contributed by atoms with Crippen LogP contribution < -0.4 is 0 Å². The summed E-state index contributed by atoms with van der Waals surface area (Å²) in [4.78, 5) is 39.9. The van der Waals surface area contributed by atoms with Crippen LogP contribution in [0.5, 0.6) is 0 Å². The Morgan fingerprint density at radius 1 is 0.841 bits per heavy atom. The largest absolute Gasteiger partial charge is 0.493 e. The molecule has 0 saturated carbocycles. The highest BCUT2D eigenvalue weighted by atomic mass is 24.3. The molecule has 0 aliphatic carbocycles. The molecule has 228 valence electrons. The van der Waals surface area contributed by atoms with E-state index < -0.39 is 18.0 Å². The van der Waals surface area contributed by atoms with Gasteiger partial charge in [-0.3, -0.25) is 14.6 Å². The lowest BCUT2D eigenvalue weighted by molar-refractivity contribution is -0.138. The van der Waals surface area contributed by atoms with Crippen molar-refractivity contribution >= 4 is 58.6 Å². The molecule has 4 heterocycles. The van der Waals surface area contributed by atoms with E-state index in [-0.39, 0.29) is 54.1 Å².